The van der Waals surface area contributed by atoms with E-state index in [1.54, 1.807) is 17.5 Å². The van der Waals surface area contributed by atoms with Crippen molar-refractivity contribution < 1.29 is 19.1 Å². The Kier molecular flexibility index (Phi) is 8.14. The minimum atomic E-state index is -0.223. The first-order valence-corrected chi connectivity index (χ1v) is 16.7. The SMILES string of the molecule is Cc1cc(Cl)cc(-c2ccnc3cc(CN4C(=O)C5[C@H](C4=O)C5(C)C)sc23)c1C[C@@H]1CN(CC(=O)NC(C)I)CCO1. The van der Waals surface area contributed by atoms with Crippen molar-refractivity contribution in [2.24, 2.45) is 17.3 Å². The van der Waals surface area contributed by atoms with Crippen molar-refractivity contribution in [3.8, 4) is 11.1 Å². The number of carbonyl (C=O) groups excluding carboxylic acids is 3. The largest absolute Gasteiger partial charge is 0.375 e. The number of benzene rings is 1. The molecule has 1 aromatic carbocycles. The summed E-state index contributed by atoms with van der Waals surface area (Å²) < 4.78 is 7.25. The number of amides is 3. The van der Waals surface area contributed by atoms with Crippen LogP contribution in [0, 0.1) is 24.2 Å². The van der Waals surface area contributed by atoms with Crippen LogP contribution in [0.15, 0.2) is 30.5 Å². The summed E-state index contributed by atoms with van der Waals surface area (Å²) in [5, 5.41) is 3.61. The number of nitrogens with zero attached hydrogens (tertiary/aromatic N) is 3. The van der Waals surface area contributed by atoms with Crippen LogP contribution in [-0.2, 0) is 32.1 Å². The maximum Gasteiger partial charge on any atom is 0.234 e. The van der Waals surface area contributed by atoms with Crippen LogP contribution in [0.5, 0.6) is 0 Å². The topological polar surface area (TPSA) is 91.8 Å². The van der Waals surface area contributed by atoms with Crippen LogP contribution in [0.2, 0.25) is 5.02 Å². The number of likely N-dealkylation sites (tertiary alicyclic amines) is 1. The maximum atomic E-state index is 13.0. The number of aryl methyl sites for hydroxylation is 1. The summed E-state index contributed by atoms with van der Waals surface area (Å²) in [6.45, 7) is 10.6. The van der Waals surface area contributed by atoms with E-state index in [1.165, 1.54) is 4.90 Å². The third-order valence-electron chi connectivity index (χ3n) is 8.78. The number of imide groups is 1. The van der Waals surface area contributed by atoms with Gasteiger partial charge in [0.2, 0.25) is 17.7 Å². The molecule has 4 heterocycles. The molecule has 3 fully saturated rings. The third-order valence-corrected chi connectivity index (χ3v) is 10.5. The van der Waals surface area contributed by atoms with Crippen LogP contribution in [0.25, 0.3) is 21.3 Å². The predicted molar refractivity (Wildman–Crippen MR) is 173 cm³/mol. The maximum absolute atomic E-state index is 13.0. The lowest BCUT2D eigenvalue weighted by Gasteiger charge is -2.33. The van der Waals surface area contributed by atoms with Gasteiger partial charge in [0, 0.05) is 41.2 Å². The Bertz CT molecular complexity index is 1570. The van der Waals surface area contributed by atoms with Gasteiger partial charge in [0.15, 0.2) is 0 Å². The highest BCUT2D eigenvalue weighted by atomic mass is 127. The minimum Gasteiger partial charge on any atom is -0.375 e. The smallest absolute Gasteiger partial charge is 0.234 e. The van der Waals surface area contributed by atoms with Gasteiger partial charge in [-0.25, -0.2) is 0 Å². The van der Waals surface area contributed by atoms with E-state index < -0.39 is 0 Å². The molecule has 8 nitrogen and oxygen atoms in total. The van der Waals surface area contributed by atoms with Crippen LogP contribution in [0.4, 0.5) is 0 Å². The normalized spacial score (nSPS) is 24.2. The van der Waals surface area contributed by atoms with E-state index in [0.717, 1.165) is 43.9 Å². The van der Waals surface area contributed by atoms with E-state index in [0.29, 0.717) is 31.1 Å². The number of ether oxygens (including phenoxy) is 1. The predicted octanol–water partition coefficient (Wildman–Crippen LogP) is 5.21. The van der Waals surface area contributed by atoms with Gasteiger partial charge in [0.25, 0.3) is 0 Å². The number of hydrogen-bond donors (Lipinski definition) is 1. The minimum absolute atomic E-state index is 0.0201. The van der Waals surface area contributed by atoms with Gasteiger partial charge >= 0.3 is 0 Å². The van der Waals surface area contributed by atoms with Gasteiger partial charge in [0.05, 0.1) is 51.9 Å². The van der Waals surface area contributed by atoms with Crippen molar-refractivity contribution in [3.05, 3.63) is 51.5 Å². The Morgan fingerprint density at radius 2 is 1.98 bits per heavy atom. The summed E-state index contributed by atoms with van der Waals surface area (Å²) in [5.41, 5.74) is 4.87. The summed E-state index contributed by atoms with van der Waals surface area (Å²) in [4.78, 5) is 47.4. The molecule has 11 heteroatoms. The first kappa shape index (κ1) is 29.9. The second-order valence-corrected chi connectivity index (χ2v) is 15.6. The molecule has 3 amide bonds. The van der Waals surface area contributed by atoms with Crippen LogP contribution in [-0.4, -0.2) is 68.9 Å². The molecule has 0 radical (unpaired) electrons. The third kappa shape index (κ3) is 5.60. The molecule has 222 valence electrons. The van der Waals surface area contributed by atoms with Gasteiger partial charge in [-0.1, -0.05) is 48.0 Å². The van der Waals surface area contributed by atoms with Crippen LogP contribution in [0.1, 0.15) is 36.8 Å². The number of morpholine rings is 1. The van der Waals surface area contributed by atoms with E-state index in [9.17, 15) is 14.4 Å². The molecule has 2 unspecified atom stereocenters. The van der Waals surface area contributed by atoms with Gasteiger partial charge in [-0.15, -0.1) is 11.3 Å². The molecule has 3 aromatic rings. The summed E-state index contributed by atoms with van der Waals surface area (Å²) in [5.74, 6) is -0.474. The highest BCUT2D eigenvalue weighted by Gasteiger charge is 2.72. The van der Waals surface area contributed by atoms with Crippen molar-refractivity contribution in [3.63, 3.8) is 0 Å². The fourth-order valence-corrected chi connectivity index (χ4v) is 8.37. The zero-order valence-corrected chi connectivity index (χ0v) is 27.8. The van der Waals surface area contributed by atoms with Crippen molar-refractivity contribution in [1.82, 2.24) is 20.1 Å². The lowest BCUT2D eigenvalue weighted by atomic mass is 9.92. The Morgan fingerprint density at radius 1 is 1.24 bits per heavy atom. The Morgan fingerprint density at radius 3 is 2.69 bits per heavy atom. The lowest BCUT2D eigenvalue weighted by Crippen LogP contribution is -2.48. The summed E-state index contributed by atoms with van der Waals surface area (Å²) in [7, 11) is 0. The Hall–Kier alpha value is -2.12. The molecule has 1 aliphatic carbocycles. The van der Waals surface area contributed by atoms with Crippen molar-refractivity contribution in [2.45, 2.75) is 50.8 Å². The summed E-state index contributed by atoms with van der Waals surface area (Å²) in [6.07, 6.45) is 2.40. The first-order chi connectivity index (χ1) is 19.9. The molecule has 2 aliphatic heterocycles. The van der Waals surface area contributed by atoms with Crippen molar-refractivity contribution in [1.29, 1.82) is 0 Å². The average Bonchev–Trinajstić information content (AvgIpc) is 3.14. The number of fused-ring (bicyclic) bond motifs is 2. The lowest BCUT2D eigenvalue weighted by molar-refractivity contribution is -0.143. The molecule has 0 spiro atoms. The van der Waals surface area contributed by atoms with Gasteiger partial charge in [-0.2, -0.15) is 0 Å². The Balaban J connectivity index is 1.26. The average molecular weight is 721 g/mol. The van der Waals surface area contributed by atoms with E-state index in [4.69, 9.17) is 16.3 Å². The molecule has 1 saturated carbocycles. The highest BCUT2D eigenvalue weighted by molar-refractivity contribution is 14.1. The van der Waals surface area contributed by atoms with Crippen molar-refractivity contribution in [2.75, 3.05) is 26.2 Å². The van der Waals surface area contributed by atoms with Gasteiger partial charge in [-0.3, -0.25) is 29.2 Å². The number of piperidine rings is 1. The van der Waals surface area contributed by atoms with E-state index in [-0.39, 0.29) is 51.7 Å². The summed E-state index contributed by atoms with van der Waals surface area (Å²) in [6, 6.07) is 7.97. The number of alkyl halides is 1. The standard InChI is InChI=1S/C31H34ClIN4O4S/c1-16-9-18(32)10-23(22(16)11-19-13-36(7-8-41-19)15-25(38)35-17(2)33)21-5-6-34-24-12-20(42-28(21)24)14-37-29(39)26-27(30(37)40)31(26,3)4/h5-6,9-10,12,17,19,26-27H,7-8,11,13-15H2,1-4H3,(H,35,38)/t17?,19-,26-,27?/m1/s1. The van der Waals surface area contributed by atoms with Gasteiger partial charge < -0.3 is 10.1 Å². The quantitative estimate of drug-likeness (QED) is 0.149. The second kappa shape index (κ2) is 11.4. The molecule has 3 aliphatic rings. The van der Waals surface area contributed by atoms with E-state index in [2.05, 4.69) is 44.7 Å². The molecular formula is C31H34ClIN4O4S. The molecule has 1 N–H and O–H groups in total. The van der Waals surface area contributed by atoms with Gasteiger partial charge in [0.1, 0.15) is 0 Å². The first-order valence-electron chi connectivity index (χ1n) is 14.2. The van der Waals surface area contributed by atoms with Crippen molar-refractivity contribution >= 4 is 73.5 Å². The number of aromatic nitrogens is 1. The molecule has 2 saturated heterocycles. The fourth-order valence-electron chi connectivity index (χ4n) is 6.62. The molecule has 2 aromatic heterocycles. The number of thiophene rings is 1. The van der Waals surface area contributed by atoms with E-state index in [1.807, 2.05) is 45.0 Å². The zero-order chi connectivity index (χ0) is 29.9. The number of carbonyl (C=O) groups is 3. The summed E-state index contributed by atoms with van der Waals surface area (Å²) >= 11 is 10.4. The number of nitrogens with one attached hydrogen (secondary N) is 1. The molecule has 4 atom stereocenters. The number of hydrogen-bond acceptors (Lipinski definition) is 7. The van der Waals surface area contributed by atoms with Crippen LogP contribution in [0.3, 0.4) is 0 Å². The zero-order valence-electron chi connectivity index (χ0n) is 24.1. The van der Waals surface area contributed by atoms with Crippen LogP contribution >= 0.6 is 45.5 Å². The fraction of sp³-hybridized carbons (Fsp3) is 0.484. The number of pyridine rings is 1. The molecule has 6 rings (SSSR count). The Labute approximate surface area is 268 Å². The second-order valence-electron chi connectivity index (χ2n) is 12.2. The monoisotopic (exact) mass is 720 g/mol. The highest BCUT2D eigenvalue weighted by Crippen LogP contribution is 2.63. The molecular weight excluding hydrogens is 687 g/mol. The van der Waals surface area contributed by atoms with Gasteiger partial charge in [-0.05, 0) is 60.2 Å². The molecule has 0 bridgehead atoms. The van der Waals surface area contributed by atoms with Crippen LogP contribution < -0.4 is 5.32 Å². The van der Waals surface area contributed by atoms with E-state index >= 15 is 0 Å². The number of halogens is 2. The molecule has 42 heavy (non-hydrogen) atoms. The number of rotatable bonds is 8.